The molecule has 2 aromatic carbocycles. The molecule has 2 bridgehead atoms. The monoisotopic (exact) mass is 685 g/mol. The first kappa shape index (κ1) is 33.6. The van der Waals surface area contributed by atoms with Crippen LogP contribution in [-0.4, -0.2) is 54.7 Å². The Kier molecular flexibility index (Phi) is 9.21. The normalized spacial score (nSPS) is 30.5. The summed E-state index contributed by atoms with van der Waals surface area (Å²) in [6, 6.07) is 13.8. The van der Waals surface area contributed by atoms with Gasteiger partial charge in [-0.15, -0.1) is 4.36 Å². The fourth-order valence-electron chi connectivity index (χ4n) is 8.27. The van der Waals surface area contributed by atoms with E-state index in [0.717, 1.165) is 62.2 Å². The van der Waals surface area contributed by atoms with Gasteiger partial charge in [0.1, 0.15) is 15.7 Å². The number of amides is 2. The number of fused-ring (bicyclic) bond motifs is 4. The smallest absolute Gasteiger partial charge is 0.299 e. The lowest BCUT2D eigenvalue weighted by atomic mass is 9.68. The molecule has 2 amide bonds. The number of hydrogen-bond donors (Lipinski definition) is 1. The molecule has 7 rings (SSSR count). The highest BCUT2D eigenvalue weighted by Crippen LogP contribution is 2.47. The predicted octanol–water partition coefficient (Wildman–Crippen LogP) is 6.96. The van der Waals surface area contributed by atoms with E-state index >= 15 is 0 Å². The van der Waals surface area contributed by atoms with Gasteiger partial charge in [-0.05, 0) is 111 Å². The Balaban J connectivity index is 1.31. The number of aryl methyl sites for hydroxylation is 3. The van der Waals surface area contributed by atoms with Gasteiger partial charge in [-0.1, -0.05) is 42.8 Å². The number of nitrogens with zero attached hydrogens (tertiary/aromatic N) is 2. The molecule has 1 spiro atoms. The van der Waals surface area contributed by atoms with E-state index in [1.807, 2.05) is 19.1 Å². The third-order valence-corrected chi connectivity index (χ3v) is 12.9. The molecule has 1 saturated carbocycles. The molecule has 260 valence electrons. The van der Waals surface area contributed by atoms with E-state index in [1.165, 1.54) is 23.0 Å². The Hall–Kier alpha value is -3.89. The summed E-state index contributed by atoms with van der Waals surface area (Å²) in [5.74, 6) is 0.0571. The second-order valence-corrected chi connectivity index (χ2v) is 16.7. The molecule has 4 aliphatic rings. The van der Waals surface area contributed by atoms with Gasteiger partial charge >= 0.3 is 0 Å². The van der Waals surface area contributed by atoms with E-state index in [-0.39, 0.29) is 28.9 Å². The van der Waals surface area contributed by atoms with Gasteiger partial charge in [-0.25, -0.2) is 4.21 Å². The molecule has 1 unspecified atom stereocenters. The van der Waals surface area contributed by atoms with Crippen LogP contribution in [0.2, 0.25) is 0 Å². The molecule has 0 radical (unpaired) electrons. The maximum Gasteiger partial charge on any atom is 0.299 e. The zero-order chi connectivity index (χ0) is 34.3. The summed E-state index contributed by atoms with van der Waals surface area (Å²) < 4.78 is 39.3. The van der Waals surface area contributed by atoms with E-state index in [0.29, 0.717) is 30.4 Å². The third-order valence-electron chi connectivity index (χ3n) is 10.9. The number of carbonyl (C=O) groups is 2. The topological polar surface area (TPSA) is 110 Å². The quantitative estimate of drug-likeness (QED) is 0.297. The molecule has 10 heteroatoms. The van der Waals surface area contributed by atoms with Gasteiger partial charge in [-0.2, -0.15) is 0 Å². The van der Waals surface area contributed by atoms with Crippen molar-refractivity contribution >= 4 is 27.4 Å². The number of allylic oxidation sites excluding steroid dienone is 1. The van der Waals surface area contributed by atoms with Gasteiger partial charge in [-0.3, -0.25) is 14.3 Å². The van der Waals surface area contributed by atoms with Crippen LogP contribution in [0.3, 0.4) is 0 Å². The average Bonchev–Trinajstić information content (AvgIpc) is 3.43. The minimum Gasteiger partial charge on any atom is -0.490 e. The summed E-state index contributed by atoms with van der Waals surface area (Å²) in [6.07, 6.45) is 11.6. The standard InChI is InChI=1S/C39H47N3O6S/c1-25-10-14-32-28(17-25)8-6-16-39(32)23-42-20-30-11-13-31(30)34(46-4)9-5-7-26(2)22-49(45,41-38(44)36-18-27(3)21-47-36)40-37(43)29-12-15-35(48-24-39)33(42)19-29/h5,9-10,12,14-15,17-19,21,26,30-31,34H,6-8,11,13,16,20,22-24H2,1-4H3,(H,40,41,43,44,45)/b9-5+/t26-,30-,31+,34-,39-,49?/m0/s1. The first-order chi connectivity index (χ1) is 23.5. The van der Waals surface area contributed by atoms with Crippen LogP contribution < -0.4 is 14.4 Å². The van der Waals surface area contributed by atoms with Crippen molar-refractivity contribution in [3.63, 3.8) is 0 Å². The van der Waals surface area contributed by atoms with Crippen molar-refractivity contribution in [2.45, 2.75) is 70.8 Å². The van der Waals surface area contributed by atoms with Crippen LogP contribution in [0.4, 0.5) is 5.69 Å². The molecule has 3 aromatic rings. The van der Waals surface area contributed by atoms with Crippen LogP contribution in [0.25, 0.3) is 0 Å². The summed E-state index contributed by atoms with van der Waals surface area (Å²) in [7, 11) is -1.75. The Bertz CT molecular complexity index is 1910. The van der Waals surface area contributed by atoms with Crippen molar-refractivity contribution in [3.05, 3.63) is 94.5 Å². The zero-order valence-electron chi connectivity index (χ0n) is 28.9. The van der Waals surface area contributed by atoms with Gasteiger partial charge in [0.25, 0.3) is 11.8 Å². The van der Waals surface area contributed by atoms with Gasteiger partial charge in [0.15, 0.2) is 5.76 Å². The van der Waals surface area contributed by atoms with Crippen molar-refractivity contribution < 1.29 is 27.7 Å². The number of carbonyl (C=O) groups excluding carboxylic acids is 2. The highest BCUT2D eigenvalue weighted by Gasteiger charge is 2.44. The SMILES string of the molecule is CO[C@H]1/C=C/C[C@H](C)CS(=O)(NC(=O)c2cc(C)co2)=NC(=O)c2ccc3c(c2)N(C[C@@H]2CC[C@H]21)C[C@@]1(CCCc2cc(C)ccc21)CO3. The highest BCUT2D eigenvalue weighted by atomic mass is 32.2. The van der Waals surface area contributed by atoms with Crippen molar-refractivity contribution in [1.29, 1.82) is 0 Å². The maximum atomic E-state index is 14.4. The second-order valence-electron chi connectivity index (χ2n) is 14.7. The zero-order valence-corrected chi connectivity index (χ0v) is 29.7. The lowest BCUT2D eigenvalue weighted by molar-refractivity contribution is 0.0131. The molecule has 1 N–H and O–H groups in total. The molecular formula is C39H47N3O6S. The summed E-state index contributed by atoms with van der Waals surface area (Å²) >= 11 is 0. The summed E-state index contributed by atoms with van der Waals surface area (Å²) in [4.78, 5) is 29.5. The van der Waals surface area contributed by atoms with Crippen LogP contribution in [0.1, 0.15) is 82.2 Å². The number of nitrogens with one attached hydrogen (secondary N) is 1. The second kappa shape index (κ2) is 13.4. The molecule has 6 atom stereocenters. The number of furan rings is 1. The number of hydrogen-bond acceptors (Lipinski definition) is 7. The van der Waals surface area contributed by atoms with Crippen molar-refractivity contribution in [2.24, 2.45) is 22.1 Å². The lowest BCUT2D eigenvalue weighted by Gasteiger charge is -2.46. The number of anilines is 1. The summed E-state index contributed by atoms with van der Waals surface area (Å²) in [6.45, 7) is 8.01. The van der Waals surface area contributed by atoms with E-state index in [4.69, 9.17) is 13.9 Å². The first-order valence-electron chi connectivity index (χ1n) is 17.5. The fourth-order valence-corrected chi connectivity index (χ4v) is 10.1. The Morgan fingerprint density at radius 2 is 1.98 bits per heavy atom. The van der Waals surface area contributed by atoms with Gasteiger partial charge < -0.3 is 18.8 Å². The minimum atomic E-state index is -3.53. The molecule has 49 heavy (non-hydrogen) atoms. The lowest BCUT2D eigenvalue weighted by Crippen LogP contribution is -2.49. The number of ether oxygens (including phenoxy) is 2. The number of benzene rings is 2. The highest BCUT2D eigenvalue weighted by molar-refractivity contribution is 7.92. The Labute approximate surface area is 289 Å². The Morgan fingerprint density at radius 1 is 1.12 bits per heavy atom. The van der Waals surface area contributed by atoms with E-state index in [9.17, 15) is 13.8 Å². The molecule has 1 fully saturated rings. The predicted molar refractivity (Wildman–Crippen MR) is 191 cm³/mol. The van der Waals surface area contributed by atoms with E-state index < -0.39 is 21.7 Å². The van der Waals surface area contributed by atoms with E-state index in [1.54, 1.807) is 26.2 Å². The van der Waals surface area contributed by atoms with Crippen LogP contribution >= 0.6 is 0 Å². The van der Waals surface area contributed by atoms with Crippen LogP contribution in [0.5, 0.6) is 5.75 Å². The van der Waals surface area contributed by atoms with Crippen molar-refractivity contribution in [1.82, 2.24) is 4.72 Å². The van der Waals surface area contributed by atoms with Gasteiger partial charge in [0.2, 0.25) is 0 Å². The van der Waals surface area contributed by atoms with Gasteiger partial charge in [0, 0.05) is 31.2 Å². The number of rotatable bonds is 3. The summed E-state index contributed by atoms with van der Waals surface area (Å²) in [5.41, 5.74) is 5.72. The molecule has 1 aromatic heterocycles. The first-order valence-corrected chi connectivity index (χ1v) is 19.2. The molecular weight excluding hydrogens is 639 g/mol. The van der Waals surface area contributed by atoms with Crippen molar-refractivity contribution in [3.8, 4) is 5.75 Å². The average molecular weight is 686 g/mol. The molecule has 3 heterocycles. The van der Waals surface area contributed by atoms with Crippen LogP contribution in [0, 0.1) is 31.6 Å². The molecule has 0 saturated heterocycles. The molecule has 9 nitrogen and oxygen atoms in total. The van der Waals surface area contributed by atoms with Crippen LogP contribution in [0.15, 0.2) is 69.7 Å². The minimum absolute atomic E-state index is 0.000205. The van der Waals surface area contributed by atoms with E-state index in [2.05, 4.69) is 51.3 Å². The Morgan fingerprint density at radius 3 is 2.73 bits per heavy atom. The molecule has 2 aliphatic heterocycles. The molecule has 2 aliphatic carbocycles. The largest absolute Gasteiger partial charge is 0.490 e. The third kappa shape index (κ3) is 6.82. The number of methoxy groups -OCH3 is 1. The maximum absolute atomic E-state index is 14.4. The van der Waals surface area contributed by atoms with Crippen LogP contribution in [-0.2, 0) is 26.5 Å². The fraction of sp³-hybridized carbons (Fsp3) is 0.487. The van der Waals surface area contributed by atoms with Crippen molar-refractivity contribution in [2.75, 3.05) is 37.5 Å². The van der Waals surface area contributed by atoms with Gasteiger partial charge in [0.05, 0.1) is 30.4 Å². The summed E-state index contributed by atoms with van der Waals surface area (Å²) in [5, 5.41) is 0.